The first-order valence-electron chi connectivity index (χ1n) is 7.54. The van der Waals surface area contributed by atoms with Crippen LogP contribution < -0.4 is 5.73 Å². The smallest absolute Gasteiger partial charge is 0.195 e. The summed E-state index contributed by atoms with van der Waals surface area (Å²) in [5, 5.41) is 2.11. The van der Waals surface area contributed by atoms with Gasteiger partial charge < -0.3 is 5.73 Å². The normalized spacial score (nSPS) is 11.2. The summed E-state index contributed by atoms with van der Waals surface area (Å²) in [6.07, 6.45) is 2.60. The number of benzene rings is 1. The van der Waals surface area contributed by atoms with Crippen LogP contribution in [0.3, 0.4) is 0 Å². The fraction of sp³-hybridized carbons (Fsp3) is 0.111. The Balaban J connectivity index is 1.97. The Bertz CT molecular complexity index is 926. The van der Waals surface area contributed by atoms with Crippen LogP contribution in [0.2, 0.25) is 0 Å². The van der Waals surface area contributed by atoms with Crippen LogP contribution in [-0.2, 0) is 6.42 Å². The molecule has 1 aromatic carbocycles. The SMILES string of the molecule is NCCc1c(-c2ccccc2)nc2scc(-c3ccccn3)n12. The lowest BCUT2D eigenvalue weighted by Crippen LogP contribution is -2.06. The van der Waals surface area contributed by atoms with Gasteiger partial charge in [-0.05, 0) is 18.7 Å². The molecule has 0 aliphatic rings. The molecule has 0 fully saturated rings. The monoisotopic (exact) mass is 320 g/mol. The van der Waals surface area contributed by atoms with Crippen LogP contribution in [0.4, 0.5) is 0 Å². The molecule has 0 spiro atoms. The van der Waals surface area contributed by atoms with Crippen LogP contribution in [0.25, 0.3) is 27.6 Å². The zero-order chi connectivity index (χ0) is 15.6. The molecule has 5 heteroatoms. The molecule has 0 aliphatic carbocycles. The van der Waals surface area contributed by atoms with Crippen molar-refractivity contribution < 1.29 is 0 Å². The van der Waals surface area contributed by atoms with Gasteiger partial charge in [0.15, 0.2) is 4.96 Å². The number of imidazole rings is 1. The maximum atomic E-state index is 5.86. The van der Waals surface area contributed by atoms with Gasteiger partial charge in [0.2, 0.25) is 0 Å². The molecule has 0 bridgehead atoms. The van der Waals surface area contributed by atoms with Gasteiger partial charge in [0.1, 0.15) is 0 Å². The molecule has 0 aliphatic heterocycles. The third-order valence-electron chi connectivity index (χ3n) is 3.81. The lowest BCUT2D eigenvalue weighted by atomic mass is 10.1. The van der Waals surface area contributed by atoms with Crippen molar-refractivity contribution in [2.45, 2.75) is 6.42 Å². The number of fused-ring (bicyclic) bond motifs is 1. The van der Waals surface area contributed by atoms with Gasteiger partial charge in [-0.3, -0.25) is 9.38 Å². The minimum Gasteiger partial charge on any atom is -0.330 e. The van der Waals surface area contributed by atoms with Gasteiger partial charge in [-0.15, -0.1) is 11.3 Å². The highest BCUT2D eigenvalue weighted by Gasteiger charge is 2.18. The second-order valence-corrected chi connectivity index (χ2v) is 6.10. The lowest BCUT2D eigenvalue weighted by Gasteiger charge is -2.06. The highest BCUT2D eigenvalue weighted by Crippen LogP contribution is 2.32. The third-order valence-corrected chi connectivity index (χ3v) is 4.64. The molecule has 3 heterocycles. The number of thiazole rings is 1. The molecule has 3 aromatic heterocycles. The number of hydrogen-bond acceptors (Lipinski definition) is 4. The number of rotatable bonds is 4. The van der Waals surface area contributed by atoms with Gasteiger partial charge in [-0.1, -0.05) is 36.4 Å². The van der Waals surface area contributed by atoms with E-state index in [0.29, 0.717) is 6.54 Å². The van der Waals surface area contributed by atoms with Gasteiger partial charge >= 0.3 is 0 Å². The van der Waals surface area contributed by atoms with Crippen molar-refractivity contribution in [3.8, 4) is 22.6 Å². The van der Waals surface area contributed by atoms with E-state index in [4.69, 9.17) is 10.7 Å². The van der Waals surface area contributed by atoms with E-state index in [0.717, 1.165) is 39.7 Å². The molecule has 0 saturated heterocycles. The Kier molecular flexibility index (Phi) is 3.65. The maximum absolute atomic E-state index is 5.86. The van der Waals surface area contributed by atoms with Crippen molar-refractivity contribution in [3.63, 3.8) is 0 Å². The number of nitrogens with zero attached hydrogens (tertiary/aromatic N) is 3. The van der Waals surface area contributed by atoms with Crippen LogP contribution in [0.1, 0.15) is 5.69 Å². The van der Waals surface area contributed by atoms with Crippen molar-refractivity contribution in [1.29, 1.82) is 0 Å². The van der Waals surface area contributed by atoms with E-state index < -0.39 is 0 Å². The maximum Gasteiger partial charge on any atom is 0.195 e. The van der Waals surface area contributed by atoms with Crippen molar-refractivity contribution in [2.24, 2.45) is 5.73 Å². The van der Waals surface area contributed by atoms with E-state index >= 15 is 0 Å². The predicted octanol–water partition coefficient (Wildman–Crippen LogP) is 3.63. The first-order valence-corrected chi connectivity index (χ1v) is 8.42. The van der Waals surface area contributed by atoms with Crippen LogP contribution in [0.5, 0.6) is 0 Å². The number of nitrogens with two attached hydrogens (primary N) is 1. The number of pyridine rings is 1. The Morgan fingerprint density at radius 1 is 1.04 bits per heavy atom. The number of aromatic nitrogens is 3. The van der Waals surface area contributed by atoms with E-state index in [1.54, 1.807) is 11.3 Å². The summed E-state index contributed by atoms with van der Waals surface area (Å²) in [7, 11) is 0. The summed E-state index contributed by atoms with van der Waals surface area (Å²) < 4.78 is 2.20. The summed E-state index contributed by atoms with van der Waals surface area (Å²) in [5.74, 6) is 0. The molecule has 0 saturated carbocycles. The standard InChI is InChI=1S/C18H16N4S/c19-10-9-15-17(13-6-2-1-3-7-13)21-18-22(15)16(12-23-18)14-8-4-5-11-20-14/h1-8,11-12H,9-10,19H2. The van der Waals surface area contributed by atoms with E-state index in [9.17, 15) is 0 Å². The Morgan fingerprint density at radius 3 is 2.61 bits per heavy atom. The molecule has 23 heavy (non-hydrogen) atoms. The van der Waals surface area contributed by atoms with Gasteiger partial charge in [-0.25, -0.2) is 4.98 Å². The second kappa shape index (κ2) is 5.95. The summed E-state index contributed by atoms with van der Waals surface area (Å²) in [4.78, 5) is 10.3. The summed E-state index contributed by atoms with van der Waals surface area (Å²) >= 11 is 1.64. The molecule has 114 valence electrons. The highest BCUT2D eigenvalue weighted by molar-refractivity contribution is 7.15. The zero-order valence-corrected chi connectivity index (χ0v) is 13.3. The van der Waals surface area contributed by atoms with Gasteiger partial charge in [0.25, 0.3) is 0 Å². The Hall–Kier alpha value is -2.50. The third kappa shape index (κ3) is 2.44. The van der Waals surface area contributed by atoms with Crippen molar-refractivity contribution in [1.82, 2.24) is 14.4 Å². The summed E-state index contributed by atoms with van der Waals surface area (Å²) in [6, 6.07) is 16.2. The largest absolute Gasteiger partial charge is 0.330 e. The fourth-order valence-corrected chi connectivity index (χ4v) is 3.70. The van der Waals surface area contributed by atoms with Gasteiger partial charge in [-0.2, -0.15) is 0 Å². The molecule has 4 rings (SSSR count). The highest BCUT2D eigenvalue weighted by atomic mass is 32.1. The topological polar surface area (TPSA) is 56.2 Å². The quantitative estimate of drug-likeness (QED) is 0.625. The zero-order valence-electron chi connectivity index (χ0n) is 12.5. The molecular weight excluding hydrogens is 304 g/mol. The first-order chi connectivity index (χ1) is 11.4. The second-order valence-electron chi connectivity index (χ2n) is 5.27. The summed E-state index contributed by atoms with van der Waals surface area (Å²) in [5.41, 5.74) is 11.2. The molecule has 0 unspecified atom stereocenters. The van der Waals surface area contributed by atoms with Crippen LogP contribution in [0, 0.1) is 0 Å². The van der Waals surface area contributed by atoms with Gasteiger partial charge in [0, 0.05) is 23.6 Å². The molecule has 0 radical (unpaired) electrons. The molecule has 4 aromatic rings. The fourth-order valence-electron chi connectivity index (χ4n) is 2.80. The lowest BCUT2D eigenvalue weighted by molar-refractivity contribution is 0.912. The predicted molar refractivity (Wildman–Crippen MR) is 94.5 cm³/mol. The average Bonchev–Trinajstić information content (AvgIpc) is 3.17. The summed E-state index contributed by atoms with van der Waals surface area (Å²) in [6.45, 7) is 0.588. The molecule has 4 nitrogen and oxygen atoms in total. The van der Waals surface area contributed by atoms with Gasteiger partial charge in [0.05, 0.1) is 22.8 Å². The minimum absolute atomic E-state index is 0.588. The van der Waals surface area contributed by atoms with E-state index in [1.807, 2.05) is 42.6 Å². The Labute approximate surface area is 138 Å². The molecule has 0 amide bonds. The Morgan fingerprint density at radius 2 is 1.87 bits per heavy atom. The average molecular weight is 320 g/mol. The van der Waals surface area contributed by atoms with Crippen LogP contribution in [0.15, 0.2) is 60.1 Å². The van der Waals surface area contributed by atoms with E-state index in [2.05, 4.69) is 26.9 Å². The number of hydrogen-bond donors (Lipinski definition) is 1. The van der Waals surface area contributed by atoms with Crippen LogP contribution in [-0.4, -0.2) is 20.9 Å². The van der Waals surface area contributed by atoms with Crippen molar-refractivity contribution in [3.05, 3.63) is 65.8 Å². The van der Waals surface area contributed by atoms with Crippen molar-refractivity contribution in [2.75, 3.05) is 6.54 Å². The minimum atomic E-state index is 0.588. The molecule has 0 atom stereocenters. The first kappa shape index (κ1) is 14.1. The van der Waals surface area contributed by atoms with Crippen LogP contribution >= 0.6 is 11.3 Å². The van der Waals surface area contributed by atoms with E-state index in [1.165, 1.54) is 0 Å². The molecular formula is C18H16N4S. The van der Waals surface area contributed by atoms with E-state index in [-0.39, 0.29) is 0 Å². The van der Waals surface area contributed by atoms with Crippen molar-refractivity contribution >= 4 is 16.3 Å². The molecule has 2 N–H and O–H groups in total.